The number of rotatable bonds is 4. The summed E-state index contributed by atoms with van der Waals surface area (Å²) in [6.07, 6.45) is 0. The normalized spacial score (nSPS) is 10.2. The molecular weight excluding hydrogens is 393 g/mol. The first kappa shape index (κ1) is 14.8. The third kappa shape index (κ3) is 3.48. The third-order valence-corrected chi connectivity index (χ3v) is 4.36. The van der Waals surface area contributed by atoms with Crippen molar-refractivity contribution in [1.29, 1.82) is 0 Å². The Balaban J connectivity index is 2.23. The van der Waals surface area contributed by atoms with E-state index in [-0.39, 0.29) is 11.3 Å². The largest absolute Gasteiger partial charge is 0.478 e. The number of carboxylic acid groups (broad SMARTS) is 1. The Bertz CT molecular complexity index is 673. The summed E-state index contributed by atoms with van der Waals surface area (Å²) in [5.41, 5.74) is 0.278. The third-order valence-electron chi connectivity index (χ3n) is 2.45. The molecule has 0 aliphatic carbocycles. The van der Waals surface area contributed by atoms with E-state index in [2.05, 4.69) is 0 Å². The van der Waals surface area contributed by atoms with Crippen molar-refractivity contribution < 1.29 is 14.8 Å². The zero-order chi connectivity index (χ0) is 14.7. The molecule has 0 unspecified atom stereocenters. The molecule has 7 heteroatoms. The molecule has 0 aliphatic heterocycles. The summed E-state index contributed by atoms with van der Waals surface area (Å²) >= 11 is 3.27. The predicted molar refractivity (Wildman–Crippen MR) is 83.3 cm³/mol. The Morgan fingerprint density at radius 1 is 1.15 bits per heavy atom. The van der Waals surface area contributed by atoms with Crippen molar-refractivity contribution in [1.82, 2.24) is 0 Å². The molecule has 0 amide bonds. The number of hydrogen-bond acceptors (Lipinski definition) is 4. The number of carboxylic acids is 1. The highest BCUT2D eigenvalue weighted by Gasteiger charge is 2.13. The number of hydrogen-bond donors (Lipinski definition) is 1. The number of carbonyl (C=O) groups is 1. The molecule has 0 saturated heterocycles. The van der Waals surface area contributed by atoms with E-state index in [9.17, 15) is 14.9 Å². The number of halogens is 1. The highest BCUT2D eigenvalue weighted by atomic mass is 127. The second-order valence-corrected chi connectivity index (χ2v) is 6.11. The fourth-order valence-corrected chi connectivity index (χ4v) is 2.88. The molecule has 0 radical (unpaired) electrons. The summed E-state index contributed by atoms with van der Waals surface area (Å²) in [5, 5.41) is 19.7. The van der Waals surface area contributed by atoms with Gasteiger partial charge in [-0.2, -0.15) is 0 Å². The summed E-state index contributed by atoms with van der Waals surface area (Å²) in [4.78, 5) is 22.8. The van der Waals surface area contributed by atoms with Gasteiger partial charge in [-0.15, -0.1) is 0 Å². The Morgan fingerprint density at radius 3 is 2.30 bits per heavy atom. The first-order valence-corrected chi connectivity index (χ1v) is 7.32. The van der Waals surface area contributed by atoms with E-state index in [0.717, 1.165) is 9.79 Å². The Labute approximate surface area is 132 Å². The van der Waals surface area contributed by atoms with Gasteiger partial charge < -0.3 is 5.11 Å². The fraction of sp³-hybridized carbons (Fsp3) is 0. The van der Waals surface area contributed by atoms with Gasteiger partial charge in [-0.3, -0.25) is 10.1 Å². The lowest BCUT2D eigenvalue weighted by atomic mass is 10.2. The quantitative estimate of drug-likeness (QED) is 0.475. The van der Waals surface area contributed by atoms with Gasteiger partial charge in [0.2, 0.25) is 0 Å². The summed E-state index contributed by atoms with van der Waals surface area (Å²) in [6, 6.07) is 11.4. The molecular formula is C13H8INO4S. The van der Waals surface area contributed by atoms with E-state index in [1.807, 2.05) is 22.6 Å². The van der Waals surface area contributed by atoms with Crippen molar-refractivity contribution in [3.63, 3.8) is 0 Å². The minimum atomic E-state index is -0.980. The number of nitro benzene ring substituents is 1. The predicted octanol–water partition coefficient (Wildman–Crippen LogP) is 4.05. The second kappa shape index (κ2) is 6.23. The van der Waals surface area contributed by atoms with Crippen LogP contribution < -0.4 is 0 Å². The first-order valence-electron chi connectivity index (χ1n) is 5.42. The topological polar surface area (TPSA) is 80.4 Å². The molecule has 20 heavy (non-hydrogen) atoms. The van der Waals surface area contributed by atoms with Crippen LogP contribution in [0.2, 0.25) is 0 Å². The molecule has 0 bridgehead atoms. The van der Waals surface area contributed by atoms with Crippen LogP contribution in [0.1, 0.15) is 10.4 Å². The maximum absolute atomic E-state index is 10.9. The first-order chi connectivity index (χ1) is 9.47. The number of nitrogens with zero attached hydrogens (tertiary/aromatic N) is 1. The van der Waals surface area contributed by atoms with E-state index in [0.29, 0.717) is 3.57 Å². The fourth-order valence-electron chi connectivity index (χ4n) is 1.50. The molecule has 0 spiro atoms. The second-order valence-electron chi connectivity index (χ2n) is 3.80. The van der Waals surface area contributed by atoms with Gasteiger partial charge in [0.1, 0.15) is 0 Å². The van der Waals surface area contributed by atoms with Crippen molar-refractivity contribution in [2.45, 2.75) is 9.79 Å². The average molecular weight is 401 g/mol. The summed E-state index contributed by atoms with van der Waals surface area (Å²) in [5.74, 6) is -0.980. The van der Waals surface area contributed by atoms with Gasteiger partial charge in [-0.1, -0.05) is 11.8 Å². The van der Waals surface area contributed by atoms with Crippen LogP contribution in [0.25, 0.3) is 0 Å². The van der Waals surface area contributed by atoms with E-state index >= 15 is 0 Å². The molecule has 2 rings (SSSR count). The van der Waals surface area contributed by atoms with Crippen molar-refractivity contribution in [3.05, 3.63) is 61.7 Å². The van der Waals surface area contributed by atoms with E-state index in [4.69, 9.17) is 5.11 Å². The van der Waals surface area contributed by atoms with Crippen LogP contribution >= 0.6 is 34.4 Å². The van der Waals surface area contributed by atoms with Crippen LogP contribution in [0.5, 0.6) is 0 Å². The Kier molecular flexibility index (Phi) is 4.61. The highest BCUT2D eigenvalue weighted by Crippen LogP contribution is 2.32. The van der Waals surface area contributed by atoms with Crippen molar-refractivity contribution >= 4 is 46.0 Å². The van der Waals surface area contributed by atoms with Gasteiger partial charge in [0.15, 0.2) is 0 Å². The molecule has 2 aromatic rings. The molecule has 2 aromatic carbocycles. The van der Waals surface area contributed by atoms with Gasteiger partial charge in [-0.05, 0) is 59.0 Å². The molecule has 0 fully saturated rings. The minimum Gasteiger partial charge on any atom is -0.478 e. The van der Waals surface area contributed by atoms with Gasteiger partial charge in [0, 0.05) is 15.9 Å². The smallest absolute Gasteiger partial charge is 0.335 e. The Hall–Kier alpha value is -1.61. The maximum Gasteiger partial charge on any atom is 0.335 e. The summed E-state index contributed by atoms with van der Waals surface area (Å²) < 4.78 is 0.582. The number of aromatic carboxylic acids is 1. The Morgan fingerprint density at radius 2 is 1.75 bits per heavy atom. The lowest BCUT2D eigenvalue weighted by molar-refractivity contribution is -0.386. The molecule has 0 aliphatic rings. The van der Waals surface area contributed by atoms with E-state index < -0.39 is 10.9 Å². The van der Waals surface area contributed by atoms with Crippen molar-refractivity contribution in [2.24, 2.45) is 0 Å². The lowest BCUT2D eigenvalue weighted by Gasteiger charge is -2.03. The van der Waals surface area contributed by atoms with Crippen LogP contribution in [0, 0.1) is 13.7 Å². The average Bonchev–Trinajstić information content (AvgIpc) is 2.41. The number of nitro groups is 1. The van der Waals surface area contributed by atoms with Crippen LogP contribution in [0.4, 0.5) is 5.69 Å². The van der Waals surface area contributed by atoms with Crippen molar-refractivity contribution in [3.8, 4) is 0 Å². The van der Waals surface area contributed by atoms with Gasteiger partial charge in [-0.25, -0.2) is 4.79 Å². The van der Waals surface area contributed by atoms with Crippen LogP contribution in [-0.4, -0.2) is 16.0 Å². The molecule has 1 N–H and O–H groups in total. The minimum absolute atomic E-state index is 0.0674. The van der Waals surface area contributed by atoms with Crippen LogP contribution in [0.15, 0.2) is 52.3 Å². The lowest BCUT2D eigenvalue weighted by Crippen LogP contribution is -1.94. The highest BCUT2D eigenvalue weighted by molar-refractivity contribution is 14.1. The maximum atomic E-state index is 10.9. The molecule has 102 valence electrons. The van der Waals surface area contributed by atoms with Crippen LogP contribution in [0.3, 0.4) is 0 Å². The monoisotopic (exact) mass is 401 g/mol. The van der Waals surface area contributed by atoms with Crippen LogP contribution in [-0.2, 0) is 0 Å². The molecule has 0 aromatic heterocycles. The standard InChI is InChI=1S/C13H8INO4S/c14-11-6-5-10(7-12(11)15(18)19)20-9-3-1-8(2-4-9)13(16)17/h1-7H,(H,16,17). The van der Waals surface area contributed by atoms with E-state index in [1.54, 1.807) is 24.3 Å². The molecule has 0 saturated carbocycles. The molecule has 0 atom stereocenters. The van der Waals surface area contributed by atoms with Crippen molar-refractivity contribution in [2.75, 3.05) is 0 Å². The summed E-state index contributed by atoms with van der Waals surface area (Å²) in [7, 11) is 0. The number of benzene rings is 2. The SMILES string of the molecule is O=C(O)c1ccc(Sc2ccc(I)c([N+](=O)[O-])c2)cc1. The zero-order valence-electron chi connectivity index (χ0n) is 9.95. The molecule has 0 heterocycles. The zero-order valence-corrected chi connectivity index (χ0v) is 12.9. The van der Waals surface area contributed by atoms with Gasteiger partial charge >= 0.3 is 5.97 Å². The van der Waals surface area contributed by atoms with E-state index in [1.165, 1.54) is 30.0 Å². The molecule has 5 nitrogen and oxygen atoms in total. The van der Waals surface area contributed by atoms with Gasteiger partial charge in [0.05, 0.1) is 14.1 Å². The van der Waals surface area contributed by atoms with Gasteiger partial charge in [0.25, 0.3) is 5.69 Å². The summed E-state index contributed by atoms with van der Waals surface area (Å²) in [6.45, 7) is 0.